The lowest BCUT2D eigenvalue weighted by atomic mass is 10.2. The van der Waals surface area contributed by atoms with Crippen LogP contribution < -0.4 is 10.6 Å². The highest BCUT2D eigenvalue weighted by atomic mass is 35.5. The van der Waals surface area contributed by atoms with E-state index < -0.39 is 0 Å². The first-order chi connectivity index (χ1) is 8.66. The van der Waals surface area contributed by atoms with E-state index in [0.717, 1.165) is 12.8 Å². The van der Waals surface area contributed by atoms with Crippen molar-refractivity contribution in [2.45, 2.75) is 12.8 Å². The van der Waals surface area contributed by atoms with Gasteiger partial charge >= 0.3 is 0 Å². The first-order valence-corrected chi connectivity index (χ1v) is 6.22. The summed E-state index contributed by atoms with van der Waals surface area (Å²) in [5.41, 5.74) is 0.462. The Hall–Kier alpha value is -1.62. The zero-order valence-corrected chi connectivity index (χ0v) is 10.5. The molecule has 0 radical (unpaired) electrons. The second kappa shape index (κ2) is 5.82. The van der Waals surface area contributed by atoms with E-state index in [4.69, 9.17) is 11.6 Å². The van der Waals surface area contributed by atoms with E-state index in [9.17, 15) is 9.59 Å². The minimum atomic E-state index is -0.222. The zero-order valence-electron chi connectivity index (χ0n) is 9.78. The van der Waals surface area contributed by atoms with Crippen LogP contribution in [0.15, 0.2) is 18.3 Å². The molecular formula is C12H14ClN3O2. The summed E-state index contributed by atoms with van der Waals surface area (Å²) in [4.78, 5) is 26.8. The Bertz CT molecular complexity index is 460. The summed E-state index contributed by atoms with van der Waals surface area (Å²) in [7, 11) is 0. The summed E-state index contributed by atoms with van der Waals surface area (Å²) >= 11 is 5.69. The standard InChI is InChI=1S/C12H14ClN3O2/c13-10-7-9(3-4-14-10)12(18)16-6-5-15-11(17)8-1-2-8/h3-4,7-8H,1-2,5-6H2,(H,15,17)(H,16,18). The van der Waals surface area contributed by atoms with Gasteiger partial charge < -0.3 is 10.6 Å². The molecule has 0 unspecified atom stereocenters. The van der Waals surface area contributed by atoms with Crippen LogP contribution in [0, 0.1) is 5.92 Å². The number of rotatable bonds is 5. The van der Waals surface area contributed by atoms with E-state index >= 15 is 0 Å². The zero-order chi connectivity index (χ0) is 13.0. The normalized spacial score (nSPS) is 14.1. The molecule has 2 N–H and O–H groups in total. The number of pyridine rings is 1. The SMILES string of the molecule is O=C(NCCNC(=O)C1CC1)c1ccnc(Cl)c1. The third-order valence-corrected chi connectivity index (χ3v) is 2.85. The minimum absolute atomic E-state index is 0.0798. The molecule has 0 atom stereocenters. The average Bonchev–Trinajstić information content (AvgIpc) is 3.18. The number of carbonyl (C=O) groups excluding carboxylic acids is 2. The van der Waals surface area contributed by atoms with Crippen molar-refractivity contribution in [3.05, 3.63) is 29.0 Å². The van der Waals surface area contributed by atoms with Gasteiger partial charge in [0.25, 0.3) is 5.91 Å². The van der Waals surface area contributed by atoms with Crippen molar-refractivity contribution in [3.63, 3.8) is 0 Å². The van der Waals surface area contributed by atoms with Crippen LogP contribution in [0.4, 0.5) is 0 Å². The van der Waals surface area contributed by atoms with Crippen molar-refractivity contribution in [2.75, 3.05) is 13.1 Å². The van der Waals surface area contributed by atoms with Crippen LogP contribution in [0.3, 0.4) is 0 Å². The van der Waals surface area contributed by atoms with Crippen molar-refractivity contribution in [1.29, 1.82) is 0 Å². The van der Waals surface area contributed by atoms with Gasteiger partial charge in [-0.3, -0.25) is 9.59 Å². The van der Waals surface area contributed by atoms with Gasteiger partial charge in [-0.25, -0.2) is 4.98 Å². The Morgan fingerprint density at radius 2 is 2.06 bits per heavy atom. The first kappa shape index (κ1) is 12.8. The van der Waals surface area contributed by atoms with Crippen molar-refractivity contribution >= 4 is 23.4 Å². The van der Waals surface area contributed by atoms with E-state index in [-0.39, 0.29) is 22.9 Å². The third kappa shape index (κ3) is 3.70. The van der Waals surface area contributed by atoms with Gasteiger partial charge in [-0.05, 0) is 25.0 Å². The molecule has 6 heteroatoms. The molecule has 1 heterocycles. The Labute approximate surface area is 110 Å². The number of carbonyl (C=O) groups is 2. The molecule has 1 aromatic rings. The number of hydrogen-bond donors (Lipinski definition) is 2. The third-order valence-electron chi connectivity index (χ3n) is 2.65. The Morgan fingerprint density at radius 3 is 2.72 bits per heavy atom. The maximum atomic E-state index is 11.7. The van der Waals surface area contributed by atoms with Gasteiger partial charge in [0.05, 0.1) is 0 Å². The largest absolute Gasteiger partial charge is 0.354 e. The summed E-state index contributed by atoms with van der Waals surface area (Å²) < 4.78 is 0. The fourth-order valence-corrected chi connectivity index (χ4v) is 1.67. The van der Waals surface area contributed by atoms with Crippen LogP contribution in [-0.4, -0.2) is 29.9 Å². The Balaban J connectivity index is 1.69. The van der Waals surface area contributed by atoms with E-state index in [2.05, 4.69) is 15.6 Å². The van der Waals surface area contributed by atoms with Crippen LogP contribution in [0.25, 0.3) is 0 Å². The summed E-state index contributed by atoms with van der Waals surface area (Å²) in [6, 6.07) is 3.09. The number of halogens is 1. The predicted molar refractivity (Wildman–Crippen MR) is 67.3 cm³/mol. The summed E-state index contributed by atoms with van der Waals surface area (Å²) in [6.45, 7) is 0.844. The molecule has 2 rings (SSSR count). The fraction of sp³-hybridized carbons (Fsp3) is 0.417. The van der Waals surface area contributed by atoms with Gasteiger partial charge in [-0.15, -0.1) is 0 Å². The number of nitrogens with zero attached hydrogens (tertiary/aromatic N) is 1. The van der Waals surface area contributed by atoms with E-state index in [1.54, 1.807) is 6.07 Å². The van der Waals surface area contributed by atoms with Gasteiger partial charge in [-0.1, -0.05) is 11.6 Å². The lowest BCUT2D eigenvalue weighted by Gasteiger charge is -2.06. The molecule has 0 aromatic carbocycles. The average molecular weight is 268 g/mol. The maximum Gasteiger partial charge on any atom is 0.251 e. The van der Waals surface area contributed by atoms with Crippen molar-refractivity contribution < 1.29 is 9.59 Å². The highest BCUT2D eigenvalue weighted by Crippen LogP contribution is 2.28. The predicted octanol–water partition coefficient (Wildman–Crippen LogP) is 0.991. The molecule has 1 saturated carbocycles. The lowest BCUT2D eigenvalue weighted by molar-refractivity contribution is -0.122. The topological polar surface area (TPSA) is 71.1 Å². The molecular weight excluding hydrogens is 254 g/mol. The molecule has 96 valence electrons. The molecule has 0 spiro atoms. The molecule has 1 fully saturated rings. The van der Waals surface area contributed by atoms with Crippen LogP contribution >= 0.6 is 11.6 Å². The first-order valence-electron chi connectivity index (χ1n) is 5.84. The van der Waals surface area contributed by atoms with Gasteiger partial charge in [0.2, 0.25) is 5.91 Å². The van der Waals surface area contributed by atoms with Crippen molar-refractivity contribution in [3.8, 4) is 0 Å². The van der Waals surface area contributed by atoms with Crippen LogP contribution in [0.5, 0.6) is 0 Å². The summed E-state index contributed by atoms with van der Waals surface area (Å²) in [5, 5.41) is 5.75. The molecule has 18 heavy (non-hydrogen) atoms. The molecule has 1 aliphatic carbocycles. The molecule has 0 bridgehead atoms. The van der Waals surface area contributed by atoms with Gasteiger partial charge in [0.15, 0.2) is 0 Å². The van der Waals surface area contributed by atoms with E-state index in [0.29, 0.717) is 18.7 Å². The van der Waals surface area contributed by atoms with Gasteiger partial charge in [-0.2, -0.15) is 0 Å². The van der Waals surface area contributed by atoms with Crippen LogP contribution in [0.1, 0.15) is 23.2 Å². The molecule has 0 saturated heterocycles. The molecule has 1 aromatic heterocycles. The fourth-order valence-electron chi connectivity index (χ4n) is 1.50. The highest BCUT2D eigenvalue weighted by Gasteiger charge is 2.28. The molecule has 0 aliphatic heterocycles. The van der Waals surface area contributed by atoms with Gasteiger partial charge in [0.1, 0.15) is 5.15 Å². The van der Waals surface area contributed by atoms with Crippen molar-refractivity contribution in [1.82, 2.24) is 15.6 Å². The van der Waals surface area contributed by atoms with Crippen molar-refractivity contribution in [2.24, 2.45) is 5.92 Å². The summed E-state index contributed by atoms with van der Waals surface area (Å²) in [6.07, 6.45) is 3.44. The second-order valence-electron chi connectivity index (χ2n) is 4.19. The van der Waals surface area contributed by atoms with Crippen LogP contribution in [0.2, 0.25) is 5.15 Å². The minimum Gasteiger partial charge on any atom is -0.354 e. The van der Waals surface area contributed by atoms with Gasteiger partial charge in [0, 0.05) is 30.8 Å². The Kier molecular flexibility index (Phi) is 4.15. The molecule has 1 aliphatic rings. The lowest BCUT2D eigenvalue weighted by Crippen LogP contribution is -2.35. The Morgan fingerprint density at radius 1 is 1.33 bits per heavy atom. The van der Waals surface area contributed by atoms with Crippen LogP contribution in [-0.2, 0) is 4.79 Å². The monoisotopic (exact) mass is 267 g/mol. The quantitative estimate of drug-likeness (QED) is 0.617. The number of hydrogen-bond acceptors (Lipinski definition) is 3. The number of aromatic nitrogens is 1. The number of amides is 2. The summed E-state index contributed by atoms with van der Waals surface area (Å²) in [5.74, 6) is 0.0517. The van der Waals surface area contributed by atoms with E-state index in [1.807, 2.05) is 0 Å². The smallest absolute Gasteiger partial charge is 0.251 e. The van der Waals surface area contributed by atoms with E-state index in [1.165, 1.54) is 12.3 Å². The second-order valence-corrected chi connectivity index (χ2v) is 4.58. The molecule has 2 amide bonds. The number of nitrogens with one attached hydrogen (secondary N) is 2. The maximum absolute atomic E-state index is 11.7. The highest BCUT2D eigenvalue weighted by molar-refractivity contribution is 6.29. The molecule has 5 nitrogen and oxygen atoms in total.